The van der Waals surface area contributed by atoms with E-state index in [9.17, 15) is 13.6 Å². The van der Waals surface area contributed by atoms with Crippen LogP contribution in [0.1, 0.15) is 10.4 Å². The first kappa shape index (κ1) is 12.9. The monoisotopic (exact) mass is 263 g/mol. The fourth-order valence-corrected chi connectivity index (χ4v) is 1.56. The van der Waals surface area contributed by atoms with Gasteiger partial charge in [0.1, 0.15) is 23.1 Å². The van der Waals surface area contributed by atoms with Gasteiger partial charge >= 0.3 is 0 Å². The summed E-state index contributed by atoms with van der Waals surface area (Å²) in [6, 6.07) is 6.82. The van der Waals surface area contributed by atoms with Crippen LogP contribution in [0.15, 0.2) is 36.5 Å². The van der Waals surface area contributed by atoms with Crippen molar-refractivity contribution in [3.05, 3.63) is 53.7 Å². The quantitative estimate of drug-likeness (QED) is 0.845. The summed E-state index contributed by atoms with van der Waals surface area (Å²) in [6.07, 6.45) is 1.52. The van der Waals surface area contributed by atoms with Gasteiger partial charge in [-0.3, -0.25) is 9.69 Å². The largest absolute Gasteiger partial charge is 0.394 e. The molecule has 2 N–H and O–H groups in total. The van der Waals surface area contributed by atoms with Gasteiger partial charge in [0.2, 0.25) is 0 Å². The molecule has 0 aliphatic carbocycles. The van der Waals surface area contributed by atoms with Gasteiger partial charge in [-0.05, 0) is 24.3 Å². The van der Waals surface area contributed by atoms with Crippen molar-refractivity contribution in [2.75, 3.05) is 17.7 Å². The van der Waals surface area contributed by atoms with Crippen LogP contribution in [-0.4, -0.2) is 17.9 Å². The summed E-state index contributed by atoms with van der Waals surface area (Å²) < 4.78 is 26.6. The van der Waals surface area contributed by atoms with Crippen molar-refractivity contribution < 1.29 is 13.6 Å². The third kappa shape index (κ3) is 2.52. The highest BCUT2D eigenvalue weighted by atomic mass is 19.1. The van der Waals surface area contributed by atoms with E-state index in [-0.39, 0.29) is 5.56 Å². The van der Waals surface area contributed by atoms with Crippen molar-refractivity contribution in [3.8, 4) is 0 Å². The third-order valence-corrected chi connectivity index (χ3v) is 2.62. The average molecular weight is 263 g/mol. The highest BCUT2D eigenvalue weighted by Crippen LogP contribution is 2.19. The number of anilines is 2. The Kier molecular flexibility index (Phi) is 3.41. The number of amides is 1. The van der Waals surface area contributed by atoms with Crippen molar-refractivity contribution in [1.29, 1.82) is 0 Å². The molecule has 0 saturated carbocycles. The van der Waals surface area contributed by atoms with Crippen LogP contribution in [0.3, 0.4) is 0 Å². The number of nitrogen functional groups attached to an aromatic ring is 1. The standard InChI is InChI=1S/C13H11F2N3O/c1-18(11-4-2-3-5-17-11)13(19)8-6-9(14)12(16)10(15)7-8/h2-7H,16H2,1H3. The SMILES string of the molecule is CN(C(=O)c1cc(F)c(N)c(F)c1)c1ccccn1. The third-order valence-electron chi connectivity index (χ3n) is 2.62. The fourth-order valence-electron chi connectivity index (χ4n) is 1.56. The van der Waals surface area contributed by atoms with E-state index in [1.54, 1.807) is 18.2 Å². The van der Waals surface area contributed by atoms with Crippen LogP contribution in [0.5, 0.6) is 0 Å². The maximum atomic E-state index is 13.3. The molecule has 1 aromatic carbocycles. The number of hydrogen-bond donors (Lipinski definition) is 1. The first-order chi connectivity index (χ1) is 9.00. The Morgan fingerprint density at radius 1 is 1.26 bits per heavy atom. The van der Waals surface area contributed by atoms with E-state index in [2.05, 4.69) is 4.98 Å². The molecule has 2 aromatic rings. The van der Waals surface area contributed by atoms with Gasteiger partial charge in [0.25, 0.3) is 5.91 Å². The van der Waals surface area contributed by atoms with Crippen LogP contribution in [0.25, 0.3) is 0 Å². The van der Waals surface area contributed by atoms with Gasteiger partial charge in [0.15, 0.2) is 0 Å². The minimum atomic E-state index is -0.960. The van der Waals surface area contributed by atoms with Gasteiger partial charge < -0.3 is 5.73 Å². The van der Waals surface area contributed by atoms with Crippen LogP contribution in [-0.2, 0) is 0 Å². The summed E-state index contributed by atoms with van der Waals surface area (Å²) in [5.74, 6) is -2.11. The highest BCUT2D eigenvalue weighted by Gasteiger charge is 2.18. The summed E-state index contributed by atoms with van der Waals surface area (Å²) in [5.41, 5.74) is 4.42. The van der Waals surface area contributed by atoms with E-state index in [1.165, 1.54) is 18.1 Å². The lowest BCUT2D eigenvalue weighted by atomic mass is 10.1. The van der Waals surface area contributed by atoms with Crippen LogP contribution in [0.2, 0.25) is 0 Å². The van der Waals surface area contributed by atoms with E-state index in [4.69, 9.17) is 5.73 Å². The minimum Gasteiger partial charge on any atom is -0.394 e. The van der Waals surface area contributed by atoms with Crippen molar-refractivity contribution in [2.45, 2.75) is 0 Å². The van der Waals surface area contributed by atoms with Gasteiger partial charge in [-0.1, -0.05) is 6.07 Å². The smallest absolute Gasteiger partial charge is 0.259 e. The Bertz CT molecular complexity index is 594. The molecule has 6 heteroatoms. The second kappa shape index (κ2) is 5.01. The molecule has 0 fully saturated rings. The first-order valence-corrected chi connectivity index (χ1v) is 5.44. The van der Waals surface area contributed by atoms with Gasteiger partial charge in [-0.25, -0.2) is 13.8 Å². The van der Waals surface area contributed by atoms with Gasteiger partial charge in [0.05, 0.1) is 0 Å². The van der Waals surface area contributed by atoms with Crippen molar-refractivity contribution in [1.82, 2.24) is 4.98 Å². The van der Waals surface area contributed by atoms with Crippen molar-refractivity contribution in [2.24, 2.45) is 0 Å². The van der Waals surface area contributed by atoms with E-state index in [0.29, 0.717) is 5.82 Å². The number of halogens is 2. The van der Waals surface area contributed by atoms with Crippen LogP contribution in [0, 0.1) is 11.6 Å². The van der Waals surface area contributed by atoms with E-state index in [1.807, 2.05) is 0 Å². The van der Waals surface area contributed by atoms with Crippen LogP contribution >= 0.6 is 0 Å². The van der Waals surface area contributed by atoms with E-state index >= 15 is 0 Å². The van der Waals surface area contributed by atoms with Crippen LogP contribution < -0.4 is 10.6 Å². The Morgan fingerprint density at radius 3 is 2.42 bits per heavy atom. The molecule has 2 rings (SSSR count). The minimum absolute atomic E-state index is 0.127. The number of rotatable bonds is 2. The van der Waals surface area contributed by atoms with Gasteiger partial charge in [-0.15, -0.1) is 0 Å². The average Bonchev–Trinajstić information content (AvgIpc) is 2.43. The second-order valence-corrected chi connectivity index (χ2v) is 3.91. The number of carbonyl (C=O) groups excluding carboxylic acids is 1. The maximum absolute atomic E-state index is 13.3. The number of nitrogens with two attached hydrogens (primary N) is 1. The molecule has 1 heterocycles. The Labute approximate surface area is 108 Å². The number of hydrogen-bond acceptors (Lipinski definition) is 3. The molecule has 0 bridgehead atoms. The molecule has 0 aliphatic rings. The lowest BCUT2D eigenvalue weighted by Gasteiger charge is -2.16. The van der Waals surface area contributed by atoms with Crippen molar-refractivity contribution >= 4 is 17.4 Å². The molecule has 0 aliphatic heterocycles. The predicted molar refractivity (Wildman–Crippen MR) is 67.7 cm³/mol. The number of aromatic nitrogens is 1. The number of carbonyl (C=O) groups is 1. The lowest BCUT2D eigenvalue weighted by molar-refractivity contribution is 0.0991. The summed E-state index contributed by atoms with van der Waals surface area (Å²) in [6.45, 7) is 0. The zero-order valence-electron chi connectivity index (χ0n) is 10.1. The van der Waals surface area contributed by atoms with Crippen LogP contribution in [0.4, 0.5) is 20.3 Å². The molecule has 0 spiro atoms. The Hall–Kier alpha value is -2.50. The summed E-state index contributed by atoms with van der Waals surface area (Å²) in [5, 5.41) is 0. The topological polar surface area (TPSA) is 59.2 Å². The lowest BCUT2D eigenvalue weighted by Crippen LogP contribution is -2.27. The van der Waals surface area contributed by atoms with Crippen molar-refractivity contribution in [3.63, 3.8) is 0 Å². The summed E-state index contributed by atoms with van der Waals surface area (Å²) >= 11 is 0. The zero-order valence-corrected chi connectivity index (χ0v) is 10.1. The van der Waals surface area contributed by atoms with Gasteiger partial charge in [0, 0.05) is 18.8 Å². The number of benzene rings is 1. The summed E-state index contributed by atoms with van der Waals surface area (Å²) in [7, 11) is 1.47. The molecule has 19 heavy (non-hydrogen) atoms. The highest BCUT2D eigenvalue weighted by molar-refractivity contribution is 6.05. The molecule has 0 radical (unpaired) electrons. The molecule has 0 unspecified atom stereocenters. The molecule has 4 nitrogen and oxygen atoms in total. The van der Waals surface area contributed by atoms with Gasteiger partial charge in [-0.2, -0.15) is 0 Å². The molecular weight excluding hydrogens is 252 g/mol. The number of pyridine rings is 1. The van der Waals surface area contributed by atoms with E-state index in [0.717, 1.165) is 12.1 Å². The molecule has 98 valence electrons. The summed E-state index contributed by atoms with van der Waals surface area (Å²) in [4.78, 5) is 17.3. The predicted octanol–water partition coefficient (Wildman–Crippen LogP) is 2.22. The second-order valence-electron chi connectivity index (χ2n) is 3.91. The molecule has 1 aromatic heterocycles. The number of nitrogens with zero attached hydrogens (tertiary/aromatic N) is 2. The molecule has 1 amide bonds. The fraction of sp³-hybridized carbons (Fsp3) is 0.0769. The zero-order chi connectivity index (χ0) is 14.0. The Morgan fingerprint density at radius 2 is 1.89 bits per heavy atom. The first-order valence-electron chi connectivity index (χ1n) is 5.44. The molecule has 0 atom stereocenters. The molecular formula is C13H11F2N3O. The normalized spacial score (nSPS) is 10.3. The Balaban J connectivity index is 2.35. The van der Waals surface area contributed by atoms with E-state index < -0.39 is 23.2 Å². The maximum Gasteiger partial charge on any atom is 0.259 e. The molecule has 0 saturated heterocycles.